The zero-order chi connectivity index (χ0) is 23.5. The van der Waals surface area contributed by atoms with Crippen LogP contribution in [0.2, 0.25) is 0 Å². The summed E-state index contributed by atoms with van der Waals surface area (Å²) in [5.74, 6) is -0.603. The molecule has 0 aromatic carbocycles. The molecule has 1 unspecified atom stereocenters. The van der Waals surface area contributed by atoms with E-state index in [4.69, 9.17) is 0 Å². The molecule has 2 N–H and O–H groups in total. The molecule has 0 fully saturated rings. The number of pyridine rings is 1. The first-order chi connectivity index (χ1) is 15.4. The van der Waals surface area contributed by atoms with Crippen LogP contribution in [0.4, 0.5) is 10.2 Å². The minimum absolute atomic E-state index is 0.0536. The minimum Gasteiger partial charge on any atom is -0.353 e. The molecule has 0 radical (unpaired) electrons. The van der Waals surface area contributed by atoms with Crippen LogP contribution in [-0.2, 0) is 9.59 Å². The Morgan fingerprint density at radius 1 is 1.22 bits per heavy atom. The maximum atomic E-state index is 14.6. The molecule has 2 aromatic rings. The number of allylic oxidation sites excluding steroid dienone is 1. The number of nitrogens with one attached hydrogen (secondary N) is 2. The van der Waals surface area contributed by atoms with Crippen LogP contribution in [0.25, 0.3) is 11.5 Å². The van der Waals surface area contributed by atoms with Crippen LogP contribution in [0.3, 0.4) is 0 Å². The number of nitrogens with zero attached hydrogens (tertiary/aromatic N) is 4. The quantitative estimate of drug-likeness (QED) is 0.398. The Bertz CT molecular complexity index is 982. The van der Waals surface area contributed by atoms with Crippen LogP contribution in [0.15, 0.2) is 48.1 Å². The molecule has 2 amide bonds. The predicted molar refractivity (Wildman–Crippen MR) is 122 cm³/mol. The second kappa shape index (κ2) is 12.5. The standard InChI is InChI=1S/C23H31FN6O2/c1-5-9-18(24)17(13-14-25-21(31)10-6-2)23(32)28-20-12-8-11-19(27-20)22-29-26-15-30(22)16(4)7-3/h8-9,11-13,15-16H,5-7,10,14H2,1-4H3,(H,25,31)(H,27,28,32)/b17-13+,18-9+. The van der Waals surface area contributed by atoms with Gasteiger partial charge in [-0.3, -0.25) is 9.59 Å². The number of halogens is 1. The SMILES string of the molecule is CC/C=C(F)\C(=C/CNC(=O)CCC)C(=O)Nc1cccc(-c2nncn2C(C)CC)n1. The van der Waals surface area contributed by atoms with Crippen LogP contribution < -0.4 is 10.6 Å². The first-order valence-electron chi connectivity index (χ1n) is 10.9. The lowest BCUT2D eigenvalue weighted by Gasteiger charge is -2.13. The van der Waals surface area contributed by atoms with Gasteiger partial charge in [0.2, 0.25) is 5.91 Å². The number of carbonyl (C=O) groups is 2. The number of hydrogen-bond acceptors (Lipinski definition) is 5. The van der Waals surface area contributed by atoms with E-state index in [2.05, 4.69) is 39.7 Å². The second-order valence-corrected chi connectivity index (χ2v) is 7.31. The Hall–Kier alpha value is -3.36. The molecule has 2 heterocycles. The number of hydrogen-bond donors (Lipinski definition) is 2. The monoisotopic (exact) mass is 442 g/mol. The lowest BCUT2D eigenvalue weighted by molar-refractivity contribution is -0.121. The lowest BCUT2D eigenvalue weighted by atomic mass is 10.1. The van der Waals surface area contributed by atoms with E-state index in [9.17, 15) is 14.0 Å². The largest absolute Gasteiger partial charge is 0.353 e. The molecule has 0 spiro atoms. The maximum absolute atomic E-state index is 14.6. The Balaban J connectivity index is 2.23. The zero-order valence-corrected chi connectivity index (χ0v) is 19.1. The fourth-order valence-electron chi connectivity index (χ4n) is 2.93. The van der Waals surface area contributed by atoms with Crippen molar-refractivity contribution in [3.05, 3.63) is 48.1 Å². The van der Waals surface area contributed by atoms with Gasteiger partial charge in [-0.1, -0.05) is 26.8 Å². The van der Waals surface area contributed by atoms with Crippen molar-refractivity contribution < 1.29 is 14.0 Å². The van der Waals surface area contributed by atoms with Gasteiger partial charge >= 0.3 is 0 Å². The molecule has 0 saturated carbocycles. The summed E-state index contributed by atoms with van der Waals surface area (Å²) in [6.45, 7) is 7.84. The molecule has 172 valence electrons. The number of amides is 2. The van der Waals surface area contributed by atoms with Gasteiger partial charge in [0.1, 0.15) is 23.7 Å². The predicted octanol–water partition coefficient (Wildman–Crippen LogP) is 4.36. The third-order valence-corrected chi connectivity index (χ3v) is 4.83. The molecule has 0 aliphatic rings. The Labute approximate surface area is 188 Å². The zero-order valence-electron chi connectivity index (χ0n) is 19.1. The number of carbonyl (C=O) groups excluding carboxylic acids is 2. The van der Waals surface area contributed by atoms with E-state index in [1.807, 2.05) is 11.5 Å². The lowest BCUT2D eigenvalue weighted by Crippen LogP contribution is -2.24. The first-order valence-corrected chi connectivity index (χ1v) is 10.9. The average molecular weight is 443 g/mol. The fourth-order valence-corrected chi connectivity index (χ4v) is 2.93. The van der Waals surface area contributed by atoms with Gasteiger partial charge in [-0.15, -0.1) is 10.2 Å². The highest BCUT2D eigenvalue weighted by molar-refractivity contribution is 6.06. The minimum atomic E-state index is -0.651. The molecule has 0 aliphatic carbocycles. The second-order valence-electron chi connectivity index (χ2n) is 7.31. The van der Waals surface area contributed by atoms with Gasteiger partial charge in [0.25, 0.3) is 5.91 Å². The van der Waals surface area contributed by atoms with Crippen molar-refractivity contribution in [1.29, 1.82) is 0 Å². The third kappa shape index (κ3) is 6.83. The normalized spacial score (nSPS) is 13.0. The van der Waals surface area contributed by atoms with Gasteiger partial charge in [-0.05, 0) is 50.5 Å². The molecule has 32 heavy (non-hydrogen) atoms. The summed E-state index contributed by atoms with van der Waals surface area (Å²) in [6.07, 6.45) is 6.74. The van der Waals surface area contributed by atoms with Crippen LogP contribution >= 0.6 is 0 Å². The molecule has 0 aliphatic heterocycles. The molecule has 1 atom stereocenters. The molecule has 0 saturated heterocycles. The molecule has 0 bridgehead atoms. The van der Waals surface area contributed by atoms with E-state index >= 15 is 0 Å². The topological polar surface area (TPSA) is 102 Å². The highest BCUT2D eigenvalue weighted by Gasteiger charge is 2.17. The number of anilines is 1. The Morgan fingerprint density at radius 2 is 2.00 bits per heavy atom. The molecule has 8 nitrogen and oxygen atoms in total. The number of rotatable bonds is 11. The van der Waals surface area contributed by atoms with E-state index in [0.717, 1.165) is 6.42 Å². The van der Waals surface area contributed by atoms with E-state index in [0.29, 0.717) is 30.8 Å². The highest BCUT2D eigenvalue weighted by atomic mass is 19.1. The summed E-state index contributed by atoms with van der Waals surface area (Å²) in [7, 11) is 0. The molecule has 9 heteroatoms. The third-order valence-electron chi connectivity index (χ3n) is 4.83. The van der Waals surface area contributed by atoms with Gasteiger partial charge < -0.3 is 15.2 Å². The summed E-state index contributed by atoms with van der Waals surface area (Å²) in [5.41, 5.74) is 0.390. The Morgan fingerprint density at radius 3 is 2.69 bits per heavy atom. The van der Waals surface area contributed by atoms with Gasteiger partial charge in [-0.25, -0.2) is 9.37 Å². The van der Waals surface area contributed by atoms with Crippen LogP contribution in [0, 0.1) is 0 Å². The summed E-state index contributed by atoms with van der Waals surface area (Å²) >= 11 is 0. The smallest absolute Gasteiger partial charge is 0.259 e. The summed E-state index contributed by atoms with van der Waals surface area (Å²) in [6, 6.07) is 5.31. The summed E-state index contributed by atoms with van der Waals surface area (Å²) in [5, 5.41) is 13.4. The Kier molecular flexibility index (Phi) is 9.72. The highest BCUT2D eigenvalue weighted by Crippen LogP contribution is 2.22. The molecule has 2 rings (SSSR count). The van der Waals surface area contributed by atoms with Crippen molar-refractivity contribution in [2.75, 3.05) is 11.9 Å². The maximum Gasteiger partial charge on any atom is 0.259 e. The van der Waals surface area contributed by atoms with E-state index in [1.165, 1.54) is 12.2 Å². The van der Waals surface area contributed by atoms with Gasteiger partial charge in [0.05, 0.1) is 5.57 Å². The van der Waals surface area contributed by atoms with Crippen molar-refractivity contribution >= 4 is 17.6 Å². The first kappa shape index (κ1) is 24.9. The van der Waals surface area contributed by atoms with Crippen molar-refractivity contribution in [3.8, 4) is 11.5 Å². The van der Waals surface area contributed by atoms with E-state index in [-0.39, 0.29) is 29.9 Å². The van der Waals surface area contributed by atoms with Gasteiger partial charge in [-0.2, -0.15) is 0 Å². The van der Waals surface area contributed by atoms with Crippen molar-refractivity contribution in [2.45, 2.75) is 59.4 Å². The molecule has 2 aromatic heterocycles. The van der Waals surface area contributed by atoms with Crippen LogP contribution in [0.1, 0.15) is 59.4 Å². The van der Waals surface area contributed by atoms with E-state index in [1.54, 1.807) is 31.5 Å². The molecular weight excluding hydrogens is 411 g/mol. The fraction of sp³-hybridized carbons (Fsp3) is 0.435. The number of aromatic nitrogens is 4. The van der Waals surface area contributed by atoms with Crippen molar-refractivity contribution in [3.63, 3.8) is 0 Å². The van der Waals surface area contributed by atoms with Crippen LogP contribution in [-0.4, -0.2) is 38.1 Å². The van der Waals surface area contributed by atoms with Crippen molar-refractivity contribution in [2.24, 2.45) is 0 Å². The summed E-state index contributed by atoms with van der Waals surface area (Å²) in [4.78, 5) is 28.9. The summed E-state index contributed by atoms with van der Waals surface area (Å²) < 4.78 is 16.5. The van der Waals surface area contributed by atoms with E-state index < -0.39 is 11.7 Å². The molecular formula is C23H31FN6O2. The van der Waals surface area contributed by atoms with Gasteiger partial charge in [0, 0.05) is 19.0 Å². The van der Waals surface area contributed by atoms with Crippen molar-refractivity contribution in [1.82, 2.24) is 25.1 Å². The van der Waals surface area contributed by atoms with Gasteiger partial charge in [0.15, 0.2) is 5.82 Å². The van der Waals surface area contributed by atoms with Crippen LogP contribution in [0.5, 0.6) is 0 Å². The average Bonchev–Trinajstić information content (AvgIpc) is 3.26.